The number of hydrogen-bond acceptors (Lipinski definition) is 7. The van der Waals surface area contributed by atoms with Crippen molar-refractivity contribution in [3.63, 3.8) is 0 Å². The summed E-state index contributed by atoms with van der Waals surface area (Å²) >= 11 is 1.50. The minimum absolute atomic E-state index is 0.117. The van der Waals surface area contributed by atoms with Gasteiger partial charge in [0, 0.05) is 43.5 Å². The summed E-state index contributed by atoms with van der Waals surface area (Å²) in [4.78, 5) is 28.8. The topological polar surface area (TPSA) is 88.8 Å². The molecule has 8 nitrogen and oxygen atoms in total. The van der Waals surface area contributed by atoms with Gasteiger partial charge in [0.05, 0.1) is 33.8 Å². The number of hydrogen-bond donors (Lipinski definition) is 1. The second-order valence-corrected chi connectivity index (χ2v) is 9.73. The van der Waals surface area contributed by atoms with Crippen molar-refractivity contribution in [1.29, 1.82) is 0 Å². The Labute approximate surface area is 201 Å². The Morgan fingerprint density at radius 2 is 1.97 bits per heavy atom. The van der Waals surface area contributed by atoms with Crippen LogP contribution in [-0.2, 0) is 17.6 Å². The molecule has 4 aromatic rings. The molecule has 1 aliphatic carbocycles. The molecule has 1 fully saturated rings. The Balaban J connectivity index is 1.47. The summed E-state index contributed by atoms with van der Waals surface area (Å²) in [6.07, 6.45) is 10.9. The number of anilines is 2. The van der Waals surface area contributed by atoms with Crippen LogP contribution >= 0.6 is 11.3 Å². The minimum atomic E-state index is -0.117. The number of aryl methyl sites for hydroxylation is 1. The lowest BCUT2D eigenvalue weighted by Crippen LogP contribution is -2.30. The Morgan fingerprint density at radius 3 is 2.71 bits per heavy atom. The Hall–Kier alpha value is -3.59. The van der Waals surface area contributed by atoms with Crippen molar-refractivity contribution in [2.75, 3.05) is 23.3 Å². The first-order chi connectivity index (χ1) is 16.7. The quantitative estimate of drug-likeness (QED) is 0.471. The van der Waals surface area contributed by atoms with Crippen LogP contribution < -0.4 is 10.2 Å². The highest BCUT2D eigenvalue weighted by Gasteiger charge is 2.30. The average molecular weight is 472 g/mol. The van der Waals surface area contributed by atoms with Crippen LogP contribution in [0.1, 0.15) is 37.4 Å². The SMILES string of the molecule is CC(=O)Nc1nc2c(s1)-c1c(c(-c3cccnc3)nn1-c1ccc(N3CCCCC3)nc1)CC2. The van der Waals surface area contributed by atoms with Crippen molar-refractivity contribution in [2.24, 2.45) is 0 Å². The molecule has 2 aliphatic rings. The zero-order chi connectivity index (χ0) is 23.1. The Morgan fingerprint density at radius 1 is 1.09 bits per heavy atom. The molecule has 1 aliphatic heterocycles. The van der Waals surface area contributed by atoms with Crippen LogP contribution in [0.15, 0.2) is 42.9 Å². The molecule has 0 atom stereocenters. The van der Waals surface area contributed by atoms with E-state index in [9.17, 15) is 4.79 Å². The number of thiazole rings is 1. The van der Waals surface area contributed by atoms with Crippen LogP contribution in [-0.4, -0.2) is 43.7 Å². The van der Waals surface area contributed by atoms with Crippen LogP contribution in [0, 0.1) is 0 Å². The number of nitrogens with zero attached hydrogens (tertiary/aromatic N) is 6. The lowest BCUT2D eigenvalue weighted by molar-refractivity contribution is -0.114. The summed E-state index contributed by atoms with van der Waals surface area (Å²) in [5, 5.41) is 8.53. The Bertz CT molecular complexity index is 1340. The van der Waals surface area contributed by atoms with Crippen molar-refractivity contribution in [1.82, 2.24) is 24.7 Å². The molecular weight excluding hydrogens is 446 g/mol. The van der Waals surface area contributed by atoms with E-state index >= 15 is 0 Å². The third-order valence-electron chi connectivity index (χ3n) is 6.38. The van der Waals surface area contributed by atoms with Gasteiger partial charge in [0.1, 0.15) is 5.82 Å². The van der Waals surface area contributed by atoms with Crippen molar-refractivity contribution < 1.29 is 4.79 Å². The molecule has 6 rings (SSSR count). The van der Waals surface area contributed by atoms with Gasteiger partial charge in [0.25, 0.3) is 0 Å². The summed E-state index contributed by atoms with van der Waals surface area (Å²) in [6.45, 7) is 3.63. The van der Waals surface area contributed by atoms with Gasteiger partial charge in [-0.1, -0.05) is 11.3 Å². The van der Waals surface area contributed by atoms with Crippen molar-refractivity contribution >= 4 is 28.2 Å². The van der Waals surface area contributed by atoms with Gasteiger partial charge in [0.15, 0.2) is 5.13 Å². The number of pyridine rings is 2. The van der Waals surface area contributed by atoms with Crippen molar-refractivity contribution in [2.45, 2.75) is 39.0 Å². The number of aromatic nitrogens is 5. The number of carbonyl (C=O) groups excluding carboxylic acids is 1. The fourth-order valence-corrected chi connectivity index (χ4v) is 5.93. The molecule has 0 saturated carbocycles. The highest BCUT2D eigenvalue weighted by Crippen LogP contribution is 2.44. The van der Waals surface area contributed by atoms with Crippen LogP contribution in [0.2, 0.25) is 0 Å². The second-order valence-electron chi connectivity index (χ2n) is 8.73. The van der Waals surface area contributed by atoms with E-state index in [1.807, 2.05) is 29.2 Å². The maximum Gasteiger partial charge on any atom is 0.223 e. The van der Waals surface area contributed by atoms with E-state index in [1.165, 1.54) is 43.1 Å². The van der Waals surface area contributed by atoms with Gasteiger partial charge in [-0.05, 0) is 56.4 Å². The predicted octanol–water partition coefficient (Wildman–Crippen LogP) is 4.50. The molecule has 0 spiro atoms. The summed E-state index contributed by atoms with van der Waals surface area (Å²) in [6, 6.07) is 8.17. The number of carbonyl (C=O) groups is 1. The maximum absolute atomic E-state index is 11.6. The number of piperidine rings is 1. The lowest BCUT2D eigenvalue weighted by atomic mass is 9.95. The summed E-state index contributed by atoms with van der Waals surface area (Å²) in [5.41, 5.74) is 6.04. The van der Waals surface area contributed by atoms with Gasteiger partial charge in [-0.2, -0.15) is 5.10 Å². The minimum Gasteiger partial charge on any atom is -0.357 e. The third kappa shape index (κ3) is 3.75. The van der Waals surface area contributed by atoms with Crippen LogP contribution in [0.4, 0.5) is 10.9 Å². The first-order valence-electron chi connectivity index (χ1n) is 11.7. The monoisotopic (exact) mass is 471 g/mol. The molecule has 0 aromatic carbocycles. The molecule has 0 bridgehead atoms. The predicted molar refractivity (Wildman–Crippen MR) is 133 cm³/mol. The molecule has 34 heavy (non-hydrogen) atoms. The van der Waals surface area contributed by atoms with E-state index in [0.29, 0.717) is 5.13 Å². The van der Waals surface area contributed by atoms with E-state index in [4.69, 9.17) is 15.1 Å². The van der Waals surface area contributed by atoms with Gasteiger partial charge in [-0.3, -0.25) is 9.78 Å². The average Bonchev–Trinajstić information content (AvgIpc) is 3.46. The van der Waals surface area contributed by atoms with Crippen LogP contribution in [0.3, 0.4) is 0 Å². The van der Waals surface area contributed by atoms with Crippen LogP contribution in [0.5, 0.6) is 0 Å². The molecule has 1 amide bonds. The normalized spacial score (nSPS) is 15.0. The molecular formula is C25H25N7OS. The van der Waals surface area contributed by atoms with E-state index in [2.05, 4.69) is 27.3 Å². The zero-order valence-corrected chi connectivity index (χ0v) is 19.8. The molecule has 172 valence electrons. The van der Waals surface area contributed by atoms with Gasteiger partial charge in [-0.25, -0.2) is 14.6 Å². The highest BCUT2D eigenvalue weighted by molar-refractivity contribution is 7.19. The molecule has 1 N–H and O–H groups in total. The Kier molecular flexibility index (Phi) is 5.33. The van der Waals surface area contributed by atoms with Gasteiger partial charge in [-0.15, -0.1) is 0 Å². The fraction of sp³-hybridized carbons (Fsp3) is 0.320. The number of rotatable bonds is 4. The second kappa shape index (κ2) is 8.64. The van der Waals surface area contributed by atoms with E-state index in [1.54, 1.807) is 6.20 Å². The van der Waals surface area contributed by atoms with E-state index in [0.717, 1.165) is 65.0 Å². The van der Waals surface area contributed by atoms with E-state index in [-0.39, 0.29) is 5.91 Å². The molecule has 1 saturated heterocycles. The number of fused-ring (bicyclic) bond motifs is 3. The highest BCUT2D eigenvalue weighted by atomic mass is 32.1. The summed E-state index contributed by atoms with van der Waals surface area (Å²) in [5.74, 6) is 0.900. The lowest BCUT2D eigenvalue weighted by Gasteiger charge is -2.27. The van der Waals surface area contributed by atoms with Gasteiger partial charge < -0.3 is 10.2 Å². The first-order valence-corrected chi connectivity index (χ1v) is 12.5. The van der Waals surface area contributed by atoms with Crippen molar-refractivity contribution in [3.05, 3.63) is 54.1 Å². The third-order valence-corrected chi connectivity index (χ3v) is 7.40. The summed E-state index contributed by atoms with van der Waals surface area (Å²) in [7, 11) is 0. The van der Waals surface area contributed by atoms with Gasteiger partial charge in [0.2, 0.25) is 5.91 Å². The molecule has 5 heterocycles. The number of amides is 1. The van der Waals surface area contributed by atoms with Crippen LogP contribution in [0.25, 0.3) is 27.5 Å². The standard InChI is InChI=1S/C25H25N7OS/c1-16(33)28-25-29-20-9-8-19-22(17-6-5-11-26-14-17)30-32(23(19)24(20)34-25)18-7-10-21(27-15-18)31-12-3-2-4-13-31/h5-7,10-11,14-15H,2-4,8-9,12-13H2,1H3,(H,28,29,33). The largest absolute Gasteiger partial charge is 0.357 e. The summed E-state index contributed by atoms with van der Waals surface area (Å²) < 4.78 is 1.98. The molecule has 0 radical (unpaired) electrons. The molecule has 0 unspecified atom stereocenters. The van der Waals surface area contributed by atoms with Gasteiger partial charge >= 0.3 is 0 Å². The first kappa shape index (κ1) is 21.0. The number of nitrogens with one attached hydrogen (secondary N) is 1. The molecule has 9 heteroatoms. The fourth-order valence-electron chi connectivity index (χ4n) is 4.81. The maximum atomic E-state index is 11.6. The van der Waals surface area contributed by atoms with Crippen molar-refractivity contribution in [3.8, 4) is 27.5 Å². The zero-order valence-electron chi connectivity index (χ0n) is 19.0. The van der Waals surface area contributed by atoms with E-state index < -0.39 is 0 Å². The smallest absolute Gasteiger partial charge is 0.223 e. The molecule has 4 aromatic heterocycles.